The van der Waals surface area contributed by atoms with Gasteiger partial charge in [0.25, 0.3) is 5.91 Å². The third kappa shape index (κ3) is 5.82. The summed E-state index contributed by atoms with van der Waals surface area (Å²) in [6.45, 7) is 3.05. The first kappa shape index (κ1) is 22.2. The van der Waals surface area contributed by atoms with Crippen LogP contribution < -0.4 is 16.0 Å². The molecule has 0 spiro atoms. The van der Waals surface area contributed by atoms with Gasteiger partial charge in [-0.25, -0.2) is 4.98 Å². The molecule has 1 fully saturated rings. The van der Waals surface area contributed by atoms with Crippen LogP contribution in [0.2, 0.25) is 0 Å². The second kappa shape index (κ2) is 10.3. The van der Waals surface area contributed by atoms with Gasteiger partial charge in [0.15, 0.2) is 0 Å². The molecule has 1 aromatic carbocycles. The first-order valence-electron chi connectivity index (χ1n) is 7.59. The van der Waals surface area contributed by atoms with E-state index in [0.29, 0.717) is 24.7 Å². The largest absolute Gasteiger partial charge is 0.371 e. The van der Waals surface area contributed by atoms with Gasteiger partial charge in [-0.05, 0) is 36.6 Å². The number of anilines is 1. The number of carbonyl (C=O) groups excluding carboxylic acids is 1. The lowest BCUT2D eigenvalue weighted by atomic mass is 10.1. The Morgan fingerprint density at radius 3 is 2.72 bits per heavy atom. The second-order valence-corrected chi connectivity index (χ2v) is 7.48. The Morgan fingerprint density at radius 2 is 2.08 bits per heavy atom. The quantitative estimate of drug-likeness (QED) is 0.706. The van der Waals surface area contributed by atoms with Crippen LogP contribution in [-0.2, 0) is 6.54 Å². The van der Waals surface area contributed by atoms with Crippen molar-refractivity contribution >= 4 is 63.7 Å². The molecule has 1 aliphatic heterocycles. The van der Waals surface area contributed by atoms with E-state index >= 15 is 0 Å². The van der Waals surface area contributed by atoms with E-state index in [0.717, 1.165) is 29.0 Å². The summed E-state index contributed by atoms with van der Waals surface area (Å²) in [5, 5.41) is 5.54. The number of nitrogens with two attached hydrogens (primary N) is 1. The highest BCUT2D eigenvalue weighted by Crippen LogP contribution is 2.25. The van der Waals surface area contributed by atoms with Crippen LogP contribution in [0.25, 0.3) is 0 Å². The number of rotatable bonds is 5. The number of thiazole rings is 1. The lowest BCUT2D eigenvalue weighted by Crippen LogP contribution is -2.31. The molecular weight excluding hydrogens is 447 g/mol. The molecule has 9 heteroatoms. The summed E-state index contributed by atoms with van der Waals surface area (Å²) in [5.74, 6) is 0.359. The molecular formula is C16H21BrCl2N4OS. The highest BCUT2D eigenvalue weighted by atomic mass is 79.9. The molecule has 5 nitrogen and oxygen atoms in total. The number of halogens is 3. The Hall–Kier alpha value is -0.860. The number of hydrogen-bond acceptors (Lipinski definition) is 5. The van der Waals surface area contributed by atoms with Crippen molar-refractivity contribution in [2.75, 3.05) is 24.5 Å². The van der Waals surface area contributed by atoms with E-state index in [1.54, 1.807) is 5.38 Å². The van der Waals surface area contributed by atoms with Crippen LogP contribution in [0, 0.1) is 5.92 Å². The Labute approximate surface area is 172 Å². The van der Waals surface area contributed by atoms with Crippen molar-refractivity contribution in [1.82, 2.24) is 10.3 Å². The van der Waals surface area contributed by atoms with Crippen LogP contribution in [0.1, 0.15) is 21.9 Å². The Morgan fingerprint density at radius 1 is 1.36 bits per heavy atom. The van der Waals surface area contributed by atoms with Crippen LogP contribution in [-0.4, -0.2) is 30.5 Å². The topological polar surface area (TPSA) is 71.2 Å². The van der Waals surface area contributed by atoms with Crippen LogP contribution >= 0.6 is 52.1 Å². The fraction of sp³-hybridized carbons (Fsp3) is 0.375. The molecule has 2 heterocycles. The monoisotopic (exact) mass is 466 g/mol. The van der Waals surface area contributed by atoms with Gasteiger partial charge in [0.1, 0.15) is 10.7 Å². The summed E-state index contributed by atoms with van der Waals surface area (Å²) in [5.41, 5.74) is 7.23. The van der Waals surface area contributed by atoms with Crippen LogP contribution in [0.5, 0.6) is 0 Å². The molecule has 0 aliphatic carbocycles. The number of amides is 1. The average Bonchev–Trinajstić information content (AvgIpc) is 3.22. The van der Waals surface area contributed by atoms with Crippen LogP contribution in [0.3, 0.4) is 0 Å². The fourth-order valence-corrected chi connectivity index (χ4v) is 3.64. The number of carbonyl (C=O) groups is 1. The van der Waals surface area contributed by atoms with E-state index < -0.39 is 0 Å². The third-order valence-corrected chi connectivity index (χ3v) is 5.39. The van der Waals surface area contributed by atoms with E-state index in [9.17, 15) is 4.79 Å². The van der Waals surface area contributed by atoms with Gasteiger partial charge in [-0.2, -0.15) is 0 Å². The first-order chi connectivity index (χ1) is 11.2. The molecule has 1 atom stereocenters. The maximum Gasteiger partial charge on any atom is 0.270 e. The van der Waals surface area contributed by atoms with Gasteiger partial charge in [0.05, 0.1) is 0 Å². The van der Waals surface area contributed by atoms with Gasteiger partial charge in [-0.1, -0.05) is 15.9 Å². The Balaban J connectivity index is 0.00000156. The summed E-state index contributed by atoms with van der Waals surface area (Å²) in [6.07, 6.45) is 1.08. The molecule has 25 heavy (non-hydrogen) atoms. The number of benzene rings is 1. The lowest BCUT2D eigenvalue weighted by Gasteiger charge is -2.19. The summed E-state index contributed by atoms with van der Waals surface area (Å²) in [6, 6.07) is 8.35. The van der Waals surface area contributed by atoms with Crippen molar-refractivity contribution in [3.05, 3.63) is 44.8 Å². The smallest absolute Gasteiger partial charge is 0.270 e. The van der Waals surface area contributed by atoms with Crippen LogP contribution in [0.15, 0.2) is 34.1 Å². The van der Waals surface area contributed by atoms with Gasteiger partial charge >= 0.3 is 0 Å². The van der Waals surface area contributed by atoms with Gasteiger partial charge < -0.3 is 16.0 Å². The van der Waals surface area contributed by atoms with Gasteiger partial charge in [-0.15, -0.1) is 36.2 Å². The first-order valence-corrected chi connectivity index (χ1v) is 9.26. The molecule has 0 bridgehead atoms. The van der Waals surface area contributed by atoms with Crippen molar-refractivity contribution in [3.63, 3.8) is 0 Å². The van der Waals surface area contributed by atoms with Gasteiger partial charge in [-0.3, -0.25) is 4.79 Å². The molecule has 1 amide bonds. The van der Waals surface area contributed by atoms with Crippen molar-refractivity contribution in [3.8, 4) is 0 Å². The minimum absolute atomic E-state index is 0. The molecule has 3 N–H and O–H groups in total. The van der Waals surface area contributed by atoms with Crippen molar-refractivity contribution in [1.29, 1.82) is 0 Å². The molecule has 1 aliphatic rings. The minimum Gasteiger partial charge on any atom is -0.371 e. The van der Waals surface area contributed by atoms with Crippen LogP contribution in [0.4, 0.5) is 5.69 Å². The molecule has 3 rings (SSSR count). The summed E-state index contributed by atoms with van der Waals surface area (Å²) in [7, 11) is 0. The molecule has 1 saturated heterocycles. The number of nitrogens with one attached hydrogen (secondary N) is 1. The molecule has 0 radical (unpaired) electrons. The lowest BCUT2D eigenvalue weighted by molar-refractivity contribution is 0.0944. The summed E-state index contributed by atoms with van der Waals surface area (Å²) in [4.78, 5) is 18.7. The van der Waals surface area contributed by atoms with Gasteiger partial charge in [0, 0.05) is 41.7 Å². The standard InChI is InChI=1S/C16H19BrN4OS.2ClH/c17-12-1-3-13(4-2-12)21-6-5-11(9-21)8-19-16(22)14-10-23-15(7-18)20-14;;/h1-4,10-11H,5-9,18H2,(H,19,22);2*1H. The zero-order chi connectivity index (χ0) is 16.2. The number of hydrogen-bond donors (Lipinski definition) is 2. The van der Waals surface area contributed by atoms with Crippen molar-refractivity contribution in [2.45, 2.75) is 13.0 Å². The van der Waals surface area contributed by atoms with E-state index in [-0.39, 0.29) is 30.7 Å². The minimum atomic E-state index is -0.108. The normalized spacial score (nSPS) is 16.1. The number of aromatic nitrogens is 1. The molecule has 0 saturated carbocycles. The highest BCUT2D eigenvalue weighted by Gasteiger charge is 2.23. The number of nitrogens with zero attached hydrogens (tertiary/aromatic N) is 2. The SMILES string of the molecule is Cl.Cl.NCc1nc(C(=O)NCC2CCN(c3ccc(Br)cc3)C2)cs1. The van der Waals surface area contributed by atoms with E-state index in [4.69, 9.17) is 5.73 Å². The maximum atomic E-state index is 12.1. The van der Waals surface area contributed by atoms with E-state index in [2.05, 4.69) is 55.4 Å². The average molecular weight is 468 g/mol. The van der Waals surface area contributed by atoms with Crippen molar-refractivity contribution < 1.29 is 4.79 Å². The molecule has 1 unspecified atom stereocenters. The second-order valence-electron chi connectivity index (χ2n) is 5.62. The predicted octanol–water partition coefficient (Wildman–Crippen LogP) is 3.46. The fourth-order valence-electron chi connectivity index (χ4n) is 2.72. The predicted molar refractivity (Wildman–Crippen MR) is 111 cm³/mol. The Kier molecular flexibility index (Phi) is 9.16. The van der Waals surface area contributed by atoms with E-state index in [1.807, 2.05) is 0 Å². The summed E-state index contributed by atoms with van der Waals surface area (Å²) >= 11 is 4.88. The third-order valence-electron chi connectivity index (χ3n) is 3.99. The summed E-state index contributed by atoms with van der Waals surface area (Å²) < 4.78 is 1.09. The Bertz CT molecular complexity index is 683. The zero-order valence-corrected chi connectivity index (χ0v) is 17.5. The van der Waals surface area contributed by atoms with E-state index in [1.165, 1.54) is 17.0 Å². The molecule has 2 aromatic rings. The molecule has 138 valence electrons. The van der Waals surface area contributed by atoms with Gasteiger partial charge in [0.2, 0.25) is 0 Å². The zero-order valence-electron chi connectivity index (χ0n) is 13.5. The molecule has 1 aromatic heterocycles. The maximum absolute atomic E-state index is 12.1. The highest BCUT2D eigenvalue weighted by molar-refractivity contribution is 9.10. The van der Waals surface area contributed by atoms with Crippen molar-refractivity contribution in [2.24, 2.45) is 11.7 Å².